The third kappa shape index (κ3) is 2.94. The van der Waals surface area contributed by atoms with Crippen LogP contribution in [0.1, 0.15) is 12.5 Å². The van der Waals surface area contributed by atoms with Crippen LogP contribution in [0.5, 0.6) is 5.75 Å². The summed E-state index contributed by atoms with van der Waals surface area (Å²) in [5, 5.41) is 8.73. The summed E-state index contributed by atoms with van der Waals surface area (Å²) in [5.74, 6) is -0.511. The summed E-state index contributed by atoms with van der Waals surface area (Å²) in [6.07, 6.45) is -0.894. The minimum Gasteiger partial charge on any atom is -0.479 e. The summed E-state index contributed by atoms with van der Waals surface area (Å²) in [6.45, 7) is 1.78. The van der Waals surface area contributed by atoms with Crippen molar-refractivity contribution in [2.24, 2.45) is 5.73 Å². The van der Waals surface area contributed by atoms with Gasteiger partial charge < -0.3 is 15.6 Å². The first-order valence-electron chi connectivity index (χ1n) is 4.43. The van der Waals surface area contributed by atoms with Gasteiger partial charge in [-0.25, -0.2) is 4.79 Å². The van der Waals surface area contributed by atoms with E-state index in [4.69, 9.17) is 15.6 Å². The van der Waals surface area contributed by atoms with Crippen LogP contribution in [0.4, 0.5) is 0 Å². The van der Waals surface area contributed by atoms with E-state index in [1.807, 2.05) is 6.07 Å². The van der Waals surface area contributed by atoms with Gasteiger partial charge in [0.15, 0.2) is 6.10 Å². The van der Waals surface area contributed by atoms with E-state index in [1.165, 1.54) is 6.92 Å². The lowest BCUT2D eigenvalue weighted by molar-refractivity contribution is -0.144. The highest BCUT2D eigenvalue weighted by molar-refractivity contribution is 9.10. The maximum Gasteiger partial charge on any atom is 0.344 e. The highest BCUT2D eigenvalue weighted by Gasteiger charge is 2.16. The number of halogens is 1. The molecule has 0 amide bonds. The van der Waals surface area contributed by atoms with Crippen LogP contribution in [0.15, 0.2) is 22.7 Å². The third-order valence-electron chi connectivity index (χ3n) is 1.91. The summed E-state index contributed by atoms with van der Waals surface area (Å²) in [4.78, 5) is 10.6. The zero-order chi connectivity index (χ0) is 11.4. The molecule has 15 heavy (non-hydrogen) atoms. The molecule has 0 saturated carbocycles. The van der Waals surface area contributed by atoms with Gasteiger partial charge in [-0.1, -0.05) is 12.1 Å². The van der Waals surface area contributed by atoms with Crippen molar-refractivity contribution >= 4 is 21.9 Å². The van der Waals surface area contributed by atoms with E-state index in [-0.39, 0.29) is 0 Å². The van der Waals surface area contributed by atoms with Crippen molar-refractivity contribution in [2.45, 2.75) is 19.6 Å². The molecule has 82 valence electrons. The molecule has 0 saturated heterocycles. The number of hydrogen-bond donors (Lipinski definition) is 2. The quantitative estimate of drug-likeness (QED) is 0.877. The van der Waals surface area contributed by atoms with Crippen LogP contribution in [0.3, 0.4) is 0 Å². The maximum absolute atomic E-state index is 10.6. The van der Waals surface area contributed by atoms with Crippen molar-refractivity contribution in [1.82, 2.24) is 0 Å². The molecule has 0 spiro atoms. The first-order valence-corrected chi connectivity index (χ1v) is 5.22. The van der Waals surface area contributed by atoms with Crippen LogP contribution in [0.25, 0.3) is 0 Å². The van der Waals surface area contributed by atoms with Crippen LogP contribution in [0.2, 0.25) is 0 Å². The normalized spacial score (nSPS) is 12.2. The molecule has 1 rings (SSSR count). The predicted octanol–water partition coefficient (Wildman–Crippen LogP) is 1.76. The van der Waals surface area contributed by atoms with Crippen LogP contribution in [0, 0.1) is 0 Å². The Kier molecular flexibility index (Phi) is 4.11. The van der Waals surface area contributed by atoms with Crippen LogP contribution in [-0.4, -0.2) is 17.2 Å². The number of carboxylic acid groups (broad SMARTS) is 1. The van der Waals surface area contributed by atoms with Crippen molar-refractivity contribution in [3.05, 3.63) is 28.2 Å². The minimum absolute atomic E-state index is 0.307. The second-order valence-corrected chi connectivity index (χ2v) is 3.88. The predicted molar refractivity (Wildman–Crippen MR) is 59.8 cm³/mol. The summed E-state index contributed by atoms with van der Waals surface area (Å²) < 4.78 is 6.01. The van der Waals surface area contributed by atoms with E-state index in [0.717, 1.165) is 5.56 Å². The Hall–Kier alpha value is -1.07. The molecular weight excluding hydrogens is 262 g/mol. The Morgan fingerprint density at radius 2 is 2.33 bits per heavy atom. The molecule has 0 aliphatic heterocycles. The van der Waals surface area contributed by atoms with Gasteiger partial charge in [0.2, 0.25) is 0 Å². The molecule has 0 aromatic heterocycles. The third-order valence-corrected chi connectivity index (χ3v) is 2.54. The van der Waals surface area contributed by atoms with Crippen LogP contribution < -0.4 is 10.5 Å². The van der Waals surface area contributed by atoms with Crippen molar-refractivity contribution in [3.63, 3.8) is 0 Å². The van der Waals surface area contributed by atoms with E-state index >= 15 is 0 Å². The number of ether oxygens (including phenoxy) is 1. The molecule has 1 unspecified atom stereocenters. The van der Waals surface area contributed by atoms with Gasteiger partial charge in [0.25, 0.3) is 0 Å². The molecule has 1 atom stereocenters. The zero-order valence-corrected chi connectivity index (χ0v) is 9.82. The summed E-state index contributed by atoms with van der Waals surface area (Å²) in [7, 11) is 0. The number of benzene rings is 1. The number of nitrogens with two attached hydrogens (primary N) is 1. The largest absolute Gasteiger partial charge is 0.479 e. The molecule has 0 aliphatic rings. The number of carboxylic acids is 1. The molecule has 0 radical (unpaired) electrons. The number of aliphatic carboxylic acids is 1. The van der Waals surface area contributed by atoms with Gasteiger partial charge in [0.05, 0.1) is 4.47 Å². The standard InChI is InChI=1S/C10H12BrNO3/c1-6(10(13)14)15-9-7(5-12)3-2-4-8(9)11/h2-4,6H,5,12H2,1H3,(H,13,14). The molecule has 4 nitrogen and oxygen atoms in total. The van der Waals surface area contributed by atoms with Gasteiger partial charge in [0, 0.05) is 12.1 Å². The van der Waals surface area contributed by atoms with Crippen molar-refractivity contribution in [2.75, 3.05) is 0 Å². The van der Waals surface area contributed by atoms with E-state index < -0.39 is 12.1 Å². The van der Waals surface area contributed by atoms with Crippen molar-refractivity contribution < 1.29 is 14.6 Å². The number of hydrogen-bond acceptors (Lipinski definition) is 3. The van der Waals surface area contributed by atoms with Crippen LogP contribution >= 0.6 is 15.9 Å². The van der Waals surface area contributed by atoms with Gasteiger partial charge in [-0.15, -0.1) is 0 Å². The Balaban J connectivity index is 2.97. The number of carbonyl (C=O) groups is 1. The molecule has 0 bridgehead atoms. The molecule has 1 aromatic carbocycles. The molecule has 0 fully saturated rings. The van der Waals surface area contributed by atoms with E-state index in [0.29, 0.717) is 16.8 Å². The number of para-hydroxylation sites is 1. The van der Waals surface area contributed by atoms with Gasteiger partial charge in [-0.05, 0) is 28.9 Å². The maximum atomic E-state index is 10.6. The van der Waals surface area contributed by atoms with E-state index in [1.54, 1.807) is 12.1 Å². The molecule has 3 N–H and O–H groups in total. The fourth-order valence-electron chi connectivity index (χ4n) is 1.07. The molecular formula is C10H12BrNO3. The second kappa shape index (κ2) is 5.14. The SMILES string of the molecule is CC(Oc1c(Br)cccc1CN)C(=O)O. The average molecular weight is 274 g/mol. The molecule has 0 heterocycles. The number of rotatable bonds is 4. The average Bonchev–Trinajstić information content (AvgIpc) is 2.20. The first-order chi connectivity index (χ1) is 7.06. The molecule has 1 aromatic rings. The van der Waals surface area contributed by atoms with Crippen LogP contribution in [-0.2, 0) is 11.3 Å². The monoisotopic (exact) mass is 273 g/mol. The highest BCUT2D eigenvalue weighted by atomic mass is 79.9. The summed E-state index contributed by atoms with van der Waals surface area (Å²) in [5.41, 5.74) is 6.30. The highest BCUT2D eigenvalue weighted by Crippen LogP contribution is 2.29. The smallest absolute Gasteiger partial charge is 0.344 e. The zero-order valence-electron chi connectivity index (χ0n) is 8.24. The second-order valence-electron chi connectivity index (χ2n) is 3.03. The van der Waals surface area contributed by atoms with Crippen molar-refractivity contribution in [1.29, 1.82) is 0 Å². The minimum atomic E-state index is -1.01. The Morgan fingerprint density at radius 1 is 1.67 bits per heavy atom. The topological polar surface area (TPSA) is 72.5 Å². The Labute approximate surface area is 96.2 Å². The lowest BCUT2D eigenvalue weighted by Gasteiger charge is -2.15. The summed E-state index contributed by atoms with van der Waals surface area (Å²) >= 11 is 3.29. The van der Waals surface area contributed by atoms with Gasteiger partial charge in [-0.3, -0.25) is 0 Å². The fourth-order valence-corrected chi connectivity index (χ4v) is 1.57. The van der Waals surface area contributed by atoms with E-state index in [9.17, 15) is 4.79 Å². The molecule has 5 heteroatoms. The van der Waals surface area contributed by atoms with Gasteiger partial charge in [0.1, 0.15) is 5.75 Å². The van der Waals surface area contributed by atoms with Gasteiger partial charge >= 0.3 is 5.97 Å². The Bertz CT molecular complexity index is 368. The first kappa shape index (κ1) is 12.0. The summed E-state index contributed by atoms with van der Waals surface area (Å²) in [6, 6.07) is 5.41. The van der Waals surface area contributed by atoms with Gasteiger partial charge in [-0.2, -0.15) is 0 Å². The van der Waals surface area contributed by atoms with E-state index in [2.05, 4.69) is 15.9 Å². The molecule has 0 aliphatic carbocycles. The van der Waals surface area contributed by atoms with Crippen molar-refractivity contribution in [3.8, 4) is 5.75 Å². The Morgan fingerprint density at radius 3 is 2.87 bits per heavy atom. The lowest BCUT2D eigenvalue weighted by Crippen LogP contribution is -2.23. The fraction of sp³-hybridized carbons (Fsp3) is 0.300. The lowest BCUT2D eigenvalue weighted by atomic mass is 10.2.